The van der Waals surface area contributed by atoms with Crippen LogP contribution in [0.1, 0.15) is 38.7 Å². The van der Waals surface area contributed by atoms with E-state index in [0.29, 0.717) is 6.04 Å². The van der Waals surface area contributed by atoms with Crippen LogP contribution in [0.5, 0.6) is 0 Å². The molecule has 2 N–H and O–H groups in total. The number of nitrogens with one attached hydrogen (secondary N) is 2. The van der Waals surface area contributed by atoms with Gasteiger partial charge in [0.05, 0.1) is 16.8 Å². The number of nitrogens with zero attached hydrogens (tertiary/aromatic N) is 1. The van der Waals surface area contributed by atoms with Gasteiger partial charge in [0.1, 0.15) is 0 Å². The average molecular weight is 289 g/mol. The Bertz CT molecular complexity index is 532. The van der Waals surface area contributed by atoms with E-state index in [2.05, 4.69) is 46.9 Å². The highest BCUT2D eigenvalue weighted by Crippen LogP contribution is 2.30. The molecule has 1 saturated carbocycles. The van der Waals surface area contributed by atoms with Gasteiger partial charge in [0.2, 0.25) is 0 Å². The van der Waals surface area contributed by atoms with E-state index >= 15 is 0 Å². The Morgan fingerprint density at radius 2 is 2.30 bits per heavy atom. The Morgan fingerprint density at radius 1 is 1.40 bits per heavy atom. The molecule has 3 rings (SSSR count). The lowest BCUT2D eigenvalue weighted by atomic mass is 9.80. The number of thiophene rings is 1. The van der Waals surface area contributed by atoms with E-state index < -0.39 is 0 Å². The van der Waals surface area contributed by atoms with Crippen molar-refractivity contribution >= 4 is 11.3 Å². The number of aromatic nitrogens is 2. The molecule has 2 aromatic rings. The molecule has 0 bridgehead atoms. The lowest BCUT2D eigenvalue weighted by Crippen LogP contribution is -2.38. The fourth-order valence-corrected chi connectivity index (χ4v) is 4.04. The summed E-state index contributed by atoms with van der Waals surface area (Å²) in [4.78, 5) is 1.27. The summed E-state index contributed by atoms with van der Waals surface area (Å²) in [5.74, 6) is 1.66. The minimum absolute atomic E-state index is 0.650. The second kappa shape index (κ2) is 6.10. The molecule has 1 fully saturated rings. The molecular formula is C16H23N3S. The van der Waals surface area contributed by atoms with Crippen LogP contribution in [0.15, 0.2) is 23.7 Å². The van der Waals surface area contributed by atoms with Gasteiger partial charge in [0.15, 0.2) is 0 Å². The molecule has 3 atom stereocenters. The normalized spacial score (nSPS) is 26.8. The van der Waals surface area contributed by atoms with E-state index in [4.69, 9.17) is 0 Å². The van der Waals surface area contributed by atoms with Gasteiger partial charge in [0, 0.05) is 18.2 Å². The van der Waals surface area contributed by atoms with Gasteiger partial charge < -0.3 is 5.32 Å². The Balaban J connectivity index is 1.63. The lowest BCUT2D eigenvalue weighted by Gasteiger charge is -2.33. The van der Waals surface area contributed by atoms with Crippen molar-refractivity contribution in [3.63, 3.8) is 0 Å². The number of hydrogen-bond acceptors (Lipinski definition) is 3. The Kier molecular flexibility index (Phi) is 4.22. The Labute approximate surface area is 124 Å². The maximum Gasteiger partial charge on any atom is 0.0794 e. The zero-order chi connectivity index (χ0) is 13.9. The van der Waals surface area contributed by atoms with Crippen LogP contribution < -0.4 is 5.32 Å². The summed E-state index contributed by atoms with van der Waals surface area (Å²) in [5, 5.41) is 13.2. The topological polar surface area (TPSA) is 40.7 Å². The molecule has 0 amide bonds. The average Bonchev–Trinajstić information content (AvgIpc) is 3.08. The predicted octanol–water partition coefficient (Wildman–Crippen LogP) is 4.05. The molecular weight excluding hydrogens is 266 g/mol. The smallest absolute Gasteiger partial charge is 0.0794 e. The van der Waals surface area contributed by atoms with Gasteiger partial charge in [-0.15, -0.1) is 11.3 Å². The molecule has 0 spiro atoms. The zero-order valence-corrected chi connectivity index (χ0v) is 13.0. The molecule has 108 valence electrons. The van der Waals surface area contributed by atoms with E-state index in [-0.39, 0.29) is 0 Å². The molecule has 1 aliphatic rings. The van der Waals surface area contributed by atoms with Crippen molar-refractivity contribution in [1.29, 1.82) is 0 Å². The van der Waals surface area contributed by atoms with Crippen molar-refractivity contribution in [2.24, 2.45) is 11.8 Å². The third-order valence-electron chi connectivity index (χ3n) is 4.47. The van der Waals surface area contributed by atoms with Crippen LogP contribution in [0, 0.1) is 11.8 Å². The largest absolute Gasteiger partial charge is 0.310 e. The summed E-state index contributed by atoms with van der Waals surface area (Å²) in [6, 6.07) is 4.88. The van der Waals surface area contributed by atoms with Crippen LogP contribution in [-0.4, -0.2) is 16.2 Å². The number of rotatable bonds is 4. The van der Waals surface area contributed by atoms with E-state index in [1.807, 2.05) is 6.20 Å². The molecule has 0 saturated heterocycles. The summed E-state index contributed by atoms with van der Waals surface area (Å²) >= 11 is 1.76. The standard InChI is InChI=1S/C16H23N3S/c1-11-5-6-14(12(2)8-11)17-9-13-10-18-19-16(13)15-4-3-7-20-15/h3-4,7,10-12,14,17H,5-6,8-9H2,1-2H3,(H,18,19). The minimum Gasteiger partial charge on any atom is -0.310 e. The van der Waals surface area contributed by atoms with Crippen LogP contribution in [0.3, 0.4) is 0 Å². The lowest BCUT2D eigenvalue weighted by molar-refractivity contribution is 0.227. The van der Waals surface area contributed by atoms with Gasteiger partial charge in [-0.2, -0.15) is 5.10 Å². The molecule has 3 unspecified atom stereocenters. The first-order chi connectivity index (χ1) is 9.74. The van der Waals surface area contributed by atoms with E-state index in [9.17, 15) is 0 Å². The molecule has 0 aromatic carbocycles. The van der Waals surface area contributed by atoms with Crippen molar-refractivity contribution in [2.75, 3.05) is 0 Å². The highest BCUT2D eigenvalue weighted by Gasteiger charge is 2.25. The Morgan fingerprint density at radius 3 is 3.05 bits per heavy atom. The maximum absolute atomic E-state index is 4.21. The van der Waals surface area contributed by atoms with Crippen LogP contribution in [-0.2, 0) is 6.54 Å². The van der Waals surface area contributed by atoms with E-state index in [1.165, 1.54) is 35.4 Å². The van der Waals surface area contributed by atoms with Crippen molar-refractivity contribution in [3.05, 3.63) is 29.3 Å². The zero-order valence-electron chi connectivity index (χ0n) is 12.2. The van der Waals surface area contributed by atoms with Gasteiger partial charge in [-0.25, -0.2) is 0 Å². The van der Waals surface area contributed by atoms with Crippen LogP contribution in [0.2, 0.25) is 0 Å². The predicted molar refractivity (Wildman–Crippen MR) is 84.7 cm³/mol. The first-order valence-corrected chi connectivity index (χ1v) is 8.41. The highest BCUT2D eigenvalue weighted by molar-refractivity contribution is 7.13. The first kappa shape index (κ1) is 13.8. The Hall–Kier alpha value is -1.13. The van der Waals surface area contributed by atoms with Crippen LogP contribution in [0.4, 0.5) is 0 Å². The maximum atomic E-state index is 4.21. The number of hydrogen-bond donors (Lipinski definition) is 2. The second-order valence-corrected chi connectivity index (χ2v) is 7.08. The first-order valence-electron chi connectivity index (χ1n) is 7.53. The van der Waals surface area contributed by atoms with Gasteiger partial charge in [-0.3, -0.25) is 5.10 Å². The van der Waals surface area contributed by atoms with Gasteiger partial charge in [-0.05, 0) is 42.5 Å². The summed E-state index contributed by atoms with van der Waals surface area (Å²) in [6.07, 6.45) is 5.96. The third-order valence-corrected chi connectivity index (χ3v) is 5.36. The van der Waals surface area contributed by atoms with E-state index in [0.717, 1.165) is 18.4 Å². The van der Waals surface area contributed by atoms with Crippen LogP contribution >= 0.6 is 11.3 Å². The molecule has 1 aliphatic carbocycles. The van der Waals surface area contributed by atoms with Crippen molar-refractivity contribution in [2.45, 2.75) is 45.7 Å². The second-order valence-electron chi connectivity index (χ2n) is 6.13. The third kappa shape index (κ3) is 2.96. The van der Waals surface area contributed by atoms with Crippen LogP contribution in [0.25, 0.3) is 10.6 Å². The monoisotopic (exact) mass is 289 g/mol. The molecule has 20 heavy (non-hydrogen) atoms. The van der Waals surface area contributed by atoms with Crippen molar-refractivity contribution in [1.82, 2.24) is 15.5 Å². The summed E-state index contributed by atoms with van der Waals surface area (Å²) in [5.41, 5.74) is 2.45. The molecule has 0 aliphatic heterocycles. The minimum atomic E-state index is 0.650. The molecule has 3 nitrogen and oxygen atoms in total. The summed E-state index contributed by atoms with van der Waals surface area (Å²) in [7, 11) is 0. The molecule has 0 radical (unpaired) electrons. The van der Waals surface area contributed by atoms with Gasteiger partial charge >= 0.3 is 0 Å². The molecule has 2 heterocycles. The molecule has 2 aromatic heterocycles. The SMILES string of the molecule is CC1CCC(NCc2cn[nH]c2-c2cccs2)C(C)C1. The van der Waals surface area contributed by atoms with Crippen molar-refractivity contribution < 1.29 is 0 Å². The van der Waals surface area contributed by atoms with Gasteiger partial charge in [-0.1, -0.05) is 19.9 Å². The summed E-state index contributed by atoms with van der Waals surface area (Å²) in [6.45, 7) is 5.66. The van der Waals surface area contributed by atoms with Gasteiger partial charge in [0.25, 0.3) is 0 Å². The fraction of sp³-hybridized carbons (Fsp3) is 0.562. The highest BCUT2D eigenvalue weighted by atomic mass is 32.1. The summed E-state index contributed by atoms with van der Waals surface area (Å²) < 4.78 is 0. The quantitative estimate of drug-likeness (QED) is 0.891. The molecule has 4 heteroatoms. The van der Waals surface area contributed by atoms with Crippen molar-refractivity contribution in [3.8, 4) is 10.6 Å². The number of H-pyrrole nitrogens is 1. The fourth-order valence-electron chi connectivity index (χ4n) is 3.29. The van der Waals surface area contributed by atoms with E-state index in [1.54, 1.807) is 11.3 Å². The number of aromatic amines is 1.